The maximum atomic E-state index is 12.2. The van der Waals surface area contributed by atoms with E-state index in [4.69, 9.17) is 32.8 Å². The first kappa shape index (κ1) is 19.7. The molecular weight excluding hydrogens is 389 g/mol. The number of ether oxygens (including phenoxy) is 1. The molecule has 0 N–H and O–H groups in total. The molecule has 0 aliphatic rings. The largest absolute Gasteiger partial charge is 0.457 e. The van der Waals surface area contributed by atoms with E-state index < -0.39 is 16.0 Å². The fraction of sp³-hybridized carbons (Fsp3) is 0.188. The molecule has 0 saturated heterocycles. The van der Waals surface area contributed by atoms with E-state index in [0.717, 1.165) is 0 Å². The summed E-state index contributed by atoms with van der Waals surface area (Å²) < 4.78 is 30.3. The molecule has 0 heterocycles. The maximum absolute atomic E-state index is 12.2. The van der Waals surface area contributed by atoms with Gasteiger partial charge in [-0.2, -0.15) is 0 Å². The van der Waals surface area contributed by atoms with Crippen LogP contribution in [0.25, 0.3) is 0 Å². The van der Waals surface area contributed by atoms with Gasteiger partial charge in [-0.3, -0.25) is 4.84 Å². The van der Waals surface area contributed by atoms with E-state index in [9.17, 15) is 13.2 Å². The number of halogens is 2. The molecule has 0 unspecified atom stereocenters. The molecule has 134 valence electrons. The first-order valence-electron chi connectivity index (χ1n) is 7.00. The van der Waals surface area contributed by atoms with Crippen LogP contribution in [0.1, 0.15) is 15.9 Å². The van der Waals surface area contributed by atoms with E-state index in [1.165, 1.54) is 38.4 Å². The lowest BCUT2D eigenvalue weighted by molar-refractivity contribution is -0.0258. The average Bonchev–Trinajstić information content (AvgIpc) is 2.60. The smallest absolute Gasteiger partial charge is 0.338 e. The fourth-order valence-corrected chi connectivity index (χ4v) is 3.45. The second-order valence-electron chi connectivity index (χ2n) is 4.90. The second kappa shape index (κ2) is 8.16. The van der Waals surface area contributed by atoms with Crippen molar-refractivity contribution >= 4 is 39.2 Å². The Balaban J connectivity index is 2.20. The van der Waals surface area contributed by atoms with Crippen LogP contribution in [0.5, 0.6) is 0 Å². The Morgan fingerprint density at radius 2 is 1.72 bits per heavy atom. The highest BCUT2D eigenvalue weighted by Crippen LogP contribution is 2.25. The summed E-state index contributed by atoms with van der Waals surface area (Å²) in [5, 5.41) is 0.747. The number of hydroxylamine groups is 1. The molecular formula is C16H15Cl2NO5S. The quantitative estimate of drug-likeness (QED) is 0.544. The van der Waals surface area contributed by atoms with E-state index in [1.54, 1.807) is 18.2 Å². The molecule has 9 heteroatoms. The van der Waals surface area contributed by atoms with Crippen molar-refractivity contribution in [3.05, 3.63) is 63.6 Å². The molecule has 0 radical (unpaired) electrons. The fourth-order valence-electron chi connectivity index (χ4n) is 1.92. The van der Waals surface area contributed by atoms with Crippen LogP contribution in [0.4, 0.5) is 0 Å². The van der Waals surface area contributed by atoms with Crippen molar-refractivity contribution in [1.82, 2.24) is 4.47 Å². The van der Waals surface area contributed by atoms with Crippen LogP contribution < -0.4 is 0 Å². The van der Waals surface area contributed by atoms with Gasteiger partial charge >= 0.3 is 5.97 Å². The van der Waals surface area contributed by atoms with Gasteiger partial charge in [-0.1, -0.05) is 39.8 Å². The minimum atomic E-state index is -3.86. The molecule has 2 aromatic rings. The Morgan fingerprint density at radius 3 is 2.32 bits per heavy atom. The van der Waals surface area contributed by atoms with Crippen LogP contribution in [0.3, 0.4) is 0 Å². The SMILES string of the molecule is CON(C)S(=O)(=O)c1cccc(C(=O)OCc2c(Cl)cccc2Cl)c1. The van der Waals surface area contributed by atoms with Gasteiger partial charge in [0.2, 0.25) is 0 Å². The minimum absolute atomic E-state index is 0.0776. The van der Waals surface area contributed by atoms with Crippen LogP contribution in [0.15, 0.2) is 47.4 Å². The molecule has 2 rings (SSSR count). The summed E-state index contributed by atoms with van der Waals surface area (Å²) in [6, 6.07) is 10.4. The number of esters is 1. The standard InChI is InChI=1S/C16H15Cl2NO5S/c1-19(23-2)25(21,22)12-6-3-5-11(9-12)16(20)24-10-13-14(17)7-4-8-15(13)18/h3-9H,10H2,1-2H3. The van der Waals surface area contributed by atoms with Crippen molar-refractivity contribution in [2.75, 3.05) is 14.2 Å². The average molecular weight is 404 g/mol. The highest BCUT2D eigenvalue weighted by atomic mass is 35.5. The van der Waals surface area contributed by atoms with Crippen LogP contribution in [0.2, 0.25) is 10.0 Å². The van der Waals surface area contributed by atoms with Crippen LogP contribution in [-0.2, 0) is 26.2 Å². The lowest BCUT2D eigenvalue weighted by Crippen LogP contribution is -2.25. The van der Waals surface area contributed by atoms with Crippen LogP contribution >= 0.6 is 23.2 Å². The van der Waals surface area contributed by atoms with Crippen molar-refractivity contribution in [2.24, 2.45) is 0 Å². The Hall–Kier alpha value is -1.64. The third-order valence-corrected chi connectivity index (χ3v) is 5.76. The molecule has 0 atom stereocenters. The zero-order chi connectivity index (χ0) is 18.6. The number of benzene rings is 2. The minimum Gasteiger partial charge on any atom is -0.457 e. The van der Waals surface area contributed by atoms with Gasteiger partial charge in [0.15, 0.2) is 0 Å². The van der Waals surface area contributed by atoms with Crippen LogP contribution in [0, 0.1) is 0 Å². The summed E-state index contributed by atoms with van der Waals surface area (Å²) in [5.74, 6) is -0.701. The zero-order valence-corrected chi connectivity index (χ0v) is 15.7. The first-order valence-corrected chi connectivity index (χ1v) is 9.20. The van der Waals surface area contributed by atoms with E-state index in [0.29, 0.717) is 20.1 Å². The summed E-state index contributed by atoms with van der Waals surface area (Å²) in [6.45, 7) is -0.133. The van der Waals surface area contributed by atoms with Crippen molar-refractivity contribution < 1.29 is 22.8 Å². The number of rotatable bonds is 6. The Bertz CT molecular complexity index is 866. The molecule has 25 heavy (non-hydrogen) atoms. The molecule has 0 aromatic heterocycles. The Kier molecular flexibility index (Phi) is 6.42. The van der Waals surface area contributed by atoms with E-state index >= 15 is 0 Å². The molecule has 6 nitrogen and oxygen atoms in total. The number of nitrogens with zero attached hydrogens (tertiary/aromatic N) is 1. The summed E-state index contributed by atoms with van der Waals surface area (Å²) in [5.41, 5.74) is 0.552. The predicted molar refractivity (Wildman–Crippen MR) is 94.0 cm³/mol. The van der Waals surface area contributed by atoms with Crippen molar-refractivity contribution in [3.63, 3.8) is 0 Å². The van der Waals surface area contributed by atoms with Crippen molar-refractivity contribution in [2.45, 2.75) is 11.5 Å². The van der Waals surface area contributed by atoms with Crippen molar-refractivity contribution in [1.29, 1.82) is 0 Å². The summed E-state index contributed by atoms with van der Waals surface area (Å²) in [7, 11) is -1.39. The molecule has 2 aromatic carbocycles. The highest BCUT2D eigenvalue weighted by molar-refractivity contribution is 7.89. The first-order chi connectivity index (χ1) is 11.8. The molecule has 0 saturated carbocycles. The molecule has 0 amide bonds. The Morgan fingerprint density at radius 1 is 1.12 bits per heavy atom. The van der Waals surface area contributed by atoms with E-state index in [1.807, 2.05) is 0 Å². The normalized spacial score (nSPS) is 11.6. The monoisotopic (exact) mass is 403 g/mol. The summed E-state index contributed by atoms with van der Waals surface area (Å²) in [4.78, 5) is 16.8. The number of hydrogen-bond donors (Lipinski definition) is 0. The number of carbonyl (C=O) groups excluding carboxylic acids is 1. The lowest BCUT2D eigenvalue weighted by atomic mass is 10.2. The van der Waals surface area contributed by atoms with Crippen LogP contribution in [-0.4, -0.2) is 33.0 Å². The molecule has 0 spiro atoms. The van der Waals surface area contributed by atoms with Gasteiger partial charge in [0.25, 0.3) is 10.0 Å². The molecule has 0 bridgehead atoms. The molecule has 0 fully saturated rings. The van der Waals surface area contributed by atoms with Gasteiger partial charge in [0, 0.05) is 22.7 Å². The van der Waals surface area contributed by atoms with E-state index in [2.05, 4.69) is 0 Å². The lowest BCUT2D eigenvalue weighted by Gasteiger charge is -2.14. The number of sulfonamides is 1. The van der Waals surface area contributed by atoms with Gasteiger partial charge in [0.1, 0.15) is 6.61 Å². The number of carbonyl (C=O) groups is 1. The van der Waals surface area contributed by atoms with Gasteiger partial charge in [-0.05, 0) is 30.3 Å². The third kappa shape index (κ3) is 4.50. The van der Waals surface area contributed by atoms with Gasteiger partial charge in [-0.25, -0.2) is 13.2 Å². The maximum Gasteiger partial charge on any atom is 0.338 e. The topological polar surface area (TPSA) is 72.9 Å². The molecule has 0 aliphatic heterocycles. The Labute approximate surface area is 155 Å². The van der Waals surface area contributed by atoms with Gasteiger partial charge in [-0.15, -0.1) is 0 Å². The predicted octanol–water partition coefficient (Wildman–Crippen LogP) is 3.53. The van der Waals surface area contributed by atoms with Gasteiger partial charge < -0.3 is 4.74 Å². The van der Waals surface area contributed by atoms with Crippen molar-refractivity contribution in [3.8, 4) is 0 Å². The van der Waals surface area contributed by atoms with Gasteiger partial charge in [0.05, 0.1) is 17.6 Å². The summed E-state index contributed by atoms with van der Waals surface area (Å²) >= 11 is 12.0. The third-order valence-electron chi connectivity index (χ3n) is 3.37. The van der Waals surface area contributed by atoms with E-state index in [-0.39, 0.29) is 17.1 Å². The second-order valence-corrected chi connectivity index (χ2v) is 7.65. The molecule has 0 aliphatic carbocycles. The summed E-state index contributed by atoms with van der Waals surface area (Å²) in [6.07, 6.45) is 0. The number of hydrogen-bond acceptors (Lipinski definition) is 5. The highest BCUT2D eigenvalue weighted by Gasteiger charge is 2.22. The zero-order valence-electron chi connectivity index (χ0n) is 13.4.